The lowest BCUT2D eigenvalue weighted by Gasteiger charge is -2.28. The summed E-state index contributed by atoms with van der Waals surface area (Å²) < 4.78 is 5.76. The highest BCUT2D eigenvalue weighted by atomic mass is 16.5. The predicted octanol–water partition coefficient (Wildman–Crippen LogP) is 3.85. The lowest BCUT2D eigenvalue weighted by molar-refractivity contribution is 0.0734. The summed E-state index contributed by atoms with van der Waals surface area (Å²) >= 11 is 0. The van der Waals surface area contributed by atoms with Gasteiger partial charge in [-0.3, -0.25) is 9.28 Å². The molecule has 0 radical (unpaired) electrons. The first-order valence-corrected chi connectivity index (χ1v) is 9.33. The first-order chi connectivity index (χ1) is 13.9. The fraction of sp³-hybridized carbons (Fsp3) is 0.167. The van der Waals surface area contributed by atoms with Crippen LogP contribution >= 0.6 is 0 Å². The maximum Gasteiger partial charge on any atom is 0.343 e. The van der Waals surface area contributed by atoms with E-state index in [1.165, 1.54) is 0 Å². The van der Waals surface area contributed by atoms with Crippen molar-refractivity contribution >= 4 is 17.4 Å². The van der Waals surface area contributed by atoms with Gasteiger partial charge in [0.2, 0.25) is 5.78 Å². The number of ether oxygens (including phenoxy) is 1. The quantitative estimate of drug-likeness (QED) is 0.288. The zero-order valence-electron chi connectivity index (χ0n) is 16.5. The molecule has 5 heteroatoms. The number of carbonyl (C=O) groups excluding carboxylic acids is 2. The number of quaternary nitrogens is 1. The van der Waals surface area contributed by atoms with Gasteiger partial charge in [-0.15, -0.1) is 0 Å². The van der Waals surface area contributed by atoms with Gasteiger partial charge in [-0.1, -0.05) is 42.5 Å². The van der Waals surface area contributed by atoms with Gasteiger partial charge in [0.1, 0.15) is 18.0 Å². The number of hydrogen-bond donors (Lipinski definition) is 1. The molecule has 0 heterocycles. The van der Waals surface area contributed by atoms with E-state index in [-0.39, 0.29) is 18.9 Å². The number of aliphatic hydroxyl groups is 1. The molecule has 0 fully saturated rings. The number of ketones is 1. The minimum Gasteiger partial charge on any atom is -0.423 e. The van der Waals surface area contributed by atoms with Crippen LogP contribution in [-0.4, -0.2) is 37.5 Å². The van der Waals surface area contributed by atoms with E-state index in [4.69, 9.17) is 9.84 Å². The Morgan fingerprint density at radius 3 is 2.03 bits per heavy atom. The Morgan fingerprint density at radius 1 is 0.828 bits per heavy atom. The number of likely N-dealkylation sites (N-methyl/N-ethyl adjacent to an activating group) is 1. The maximum atomic E-state index is 12.7. The molecule has 148 valence electrons. The molecule has 0 bridgehead atoms. The standard InChI is InChI=1S/C24H24NO4/c1-25(2,16-23(27)19-10-8-18(17-26)9-11-19)21-12-14-22(15-13-21)29-24(28)20-6-4-3-5-7-20/h3-15,26H,16-17H2,1-2H3/q+1. The normalized spacial score (nSPS) is 11.1. The van der Waals surface area contributed by atoms with Crippen LogP contribution in [0, 0.1) is 0 Å². The van der Waals surface area contributed by atoms with Crippen molar-refractivity contribution in [2.45, 2.75) is 6.61 Å². The van der Waals surface area contributed by atoms with Gasteiger partial charge >= 0.3 is 5.97 Å². The molecule has 0 saturated heterocycles. The van der Waals surface area contributed by atoms with Crippen molar-refractivity contribution in [3.63, 3.8) is 0 Å². The minimum absolute atomic E-state index is 0.0130. The summed E-state index contributed by atoms with van der Waals surface area (Å²) in [4.78, 5) is 24.8. The van der Waals surface area contributed by atoms with Gasteiger partial charge in [0.05, 0.1) is 26.3 Å². The molecule has 0 spiro atoms. The zero-order chi connectivity index (χ0) is 20.9. The number of nitrogens with zero attached hydrogens (tertiary/aromatic N) is 1. The van der Waals surface area contributed by atoms with Gasteiger partial charge in [0.15, 0.2) is 0 Å². The van der Waals surface area contributed by atoms with Crippen molar-refractivity contribution in [1.82, 2.24) is 4.48 Å². The molecule has 0 amide bonds. The zero-order valence-corrected chi connectivity index (χ0v) is 16.5. The maximum absolute atomic E-state index is 12.7. The van der Waals surface area contributed by atoms with E-state index in [1.807, 2.05) is 32.3 Å². The number of benzene rings is 3. The highest BCUT2D eigenvalue weighted by molar-refractivity contribution is 5.98. The summed E-state index contributed by atoms with van der Waals surface area (Å²) in [6.45, 7) is 0.235. The summed E-state index contributed by atoms with van der Waals surface area (Å²) in [5.41, 5.74) is 2.80. The van der Waals surface area contributed by atoms with Crippen LogP contribution in [0.1, 0.15) is 26.3 Å². The van der Waals surface area contributed by atoms with Crippen molar-refractivity contribution in [2.24, 2.45) is 0 Å². The van der Waals surface area contributed by atoms with Crippen molar-refractivity contribution < 1.29 is 19.4 Å². The van der Waals surface area contributed by atoms with Crippen molar-refractivity contribution in [3.05, 3.63) is 95.6 Å². The molecule has 0 aliphatic carbocycles. The Morgan fingerprint density at radius 2 is 1.45 bits per heavy atom. The molecule has 0 unspecified atom stereocenters. The second-order valence-electron chi connectivity index (χ2n) is 7.37. The van der Waals surface area contributed by atoms with Crippen LogP contribution in [0.5, 0.6) is 5.75 Å². The third kappa shape index (κ3) is 5.16. The molecule has 3 aromatic carbocycles. The molecule has 1 N–H and O–H groups in total. The average Bonchev–Trinajstić information content (AvgIpc) is 2.74. The predicted molar refractivity (Wildman–Crippen MR) is 113 cm³/mol. The van der Waals surface area contributed by atoms with Crippen LogP contribution in [0.25, 0.3) is 0 Å². The first-order valence-electron chi connectivity index (χ1n) is 9.33. The molecule has 5 nitrogen and oxygen atoms in total. The van der Waals surface area contributed by atoms with Crippen LogP contribution in [0.15, 0.2) is 78.9 Å². The Labute approximate surface area is 170 Å². The summed E-state index contributed by atoms with van der Waals surface area (Å²) in [5, 5.41) is 9.12. The summed E-state index contributed by atoms with van der Waals surface area (Å²) in [6, 6.07) is 23.0. The summed E-state index contributed by atoms with van der Waals surface area (Å²) in [6.07, 6.45) is 0. The summed E-state index contributed by atoms with van der Waals surface area (Å²) in [7, 11) is 3.90. The number of aliphatic hydroxyl groups excluding tert-OH is 1. The molecule has 3 rings (SSSR count). The van der Waals surface area contributed by atoms with Gasteiger partial charge in [0, 0.05) is 17.7 Å². The van der Waals surface area contributed by atoms with Gasteiger partial charge in [0.25, 0.3) is 0 Å². The molecule has 0 saturated carbocycles. The molecule has 29 heavy (non-hydrogen) atoms. The number of Topliss-reactive ketones (excluding diaryl/α,β-unsaturated/α-hetero) is 1. The molecule has 0 aliphatic heterocycles. The van der Waals surface area contributed by atoms with Gasteiger partial charge in [-0.05, 0) is 29.8 Å². The van der Waals surface area contributed by atoms with Crippen LogP contribution in [0.2, 0.25) is 0 Å². The second-order valence-corrected chi connectivity index (χ2v) is 7.37. The summed E-state index contributed by atoms with van der Waals surface area (Å²) in [5.74, 6) is 0.0567. The van der Waals surface area contributed by atoms with E-state index in [1.54, 1.807) is 60.7 Å². The molecule has 0 atom stereocenters. The molecular weight excluding hydrogens is 366 g/mol. The Kier molecular flexibility index (Phi) is 6.22. The lowest BCUT2D eigenvalue weighted by Crippen LogP contribution is -2.44. The SMILES string of the molecule is C[N+](C)(CC(=O)c1ccc(CO)cc1)c1ccc(OC(=O)c2ccccc2)cc1. The highest BCUT2D eigenvalue weighted by Gasteiger charge is 2.24. The second kappa shape index (κ2) is 8.82. The molecular formula is C24H24NO4+. The van der Waals surface area contributed by atoms with Crippen LogP contribution in [0.3, 0.4) is 0 Å². The Bertz CT molecular complexity index is 978. The molecule has 0 aromatic heterocycles. The Balaban J connectivity index is 1.67. The Hall–Kier alpha value is -3.28. The van der Waals surface area contributed by atoms with Crippen molar-refractivity contribution in [2.75, 3.05) is 20.6 Å². The lowest BCUT2D eigenvalue weighted by atomic mass is 10.1. The van der Waals surface area contributed by atoms with Crippen molar-refractivity contribution in [3.8, 4) is 5.75 Å². The third-order valence-electron chi connectivity index (χ3n) is 4.75. The fourth-order valence-electron chi connectivity index (χ4n) is 3.00. The van der Waals surface area contributed by atoms with Crippen LogP contribution in [-0.2, 0) is 6.61 Å². The van der Waals surface area contributed by atoms with Crippen molar-refractivity contribution in [1.29, 1.82) is 0 Å². The van der Waals surface area contributed by atoms with Crippen LogP contribution < -0.4 is 9.22 Å². The average molecular weight is 390 g/mol. The molecule has 0 aliphatic rings. The van der Waals surface area contributed by atoms with Crippen LogP contribution in [0.4, 0.5) is 5.69 Å². The number of carbonyl (C=O) groups is 2. The molecule has 3 aromatic rings. The van der Waals surface area contributed by atoms with Gasteiger partial charge in [-0.2, -0.15) is 0 Å². The van der Waals surface area contributed by atoms with E-state index >= 15 is 0 Å². The van der Waals surface area contributed by atoms with E-state index < -0.39 is 5.97 Å². The fourth-order valence-corrected chi connectivity index (χ4v) is 3.00. The number of rotatable bonds is 7. The van der Waals surface area contributed by atoms with E-state index in [0.29, 0.717) is 21.4 Å². The van der Waals surface area contributed by atoms with E-state index in [0.717, 1.165) is 11.3 Å². The number of hydrogen-bond acceptors (Lipinski definition) is 4. The topological polar surface area (TPSA) is 63.6 Å². The monoisotopic (exact) mass is 390 g/mol. The number of esters is 1. The largest absolute Gasteiger partial charge is 0.423 e. The van der Waals surface area contributed by atoms with E-state index in [9.17, 15) is 9.59 Å². The highest BCUT2D eigenvalue weighted by Crippen LogP contribution is 2.24. The van der Waals surface area contributed by atoms with Gasteiger partial charge < -0.3 is 9.84 Å². The smallest absolute Gasteiger partial charge is 0.343 e. The van der Waals surface area contributed by atoms with E-state index in [2.05, 4.69) is 0 Å². The van der Waals surface area contributed by atoms with Gasteiger partial charge in [-0.25, -0.2) is 4.79 Å². The first kappa shape index (κ1) is 20.5. The minimum atomic E-state index is -0.409. The third-order valence-corrected chi connectivity index (χ3v) is 4.75.